The number of rotatable bonds is 2. The van der Waals surface area contributed by atoms with Crippen molar-refractivity contribution in [2.24, 2.45) is 0 Å². The predicted octanol–water partition coefficient (Wildman–Crippen LogP) is 3.50. The summed E-state index contributed by atoms with van der Waals surface area (Å²) in [5.41, 5.74) is -4.29. The maximum atomic E-state index is 13.2. The number of nitrogens with zero attached hydrogens (tertiary/aromatic N) is 4. The van der Waals surface area contributed by atoms with Crippen LogP contribution in [0.4, 0.5) is 26.3 Å². The van der Waals surface area contributed by atoms with Crippen LogP contribution in [0, 0.1) is 0 Å². The molecule has 1 N–H and O–H groups in total. The summed E-state index contributed by atoms with van der Waals surface area (Å²) in [5.74, 6) is -0.650. The van der Waals surface area contributed by atoms with Gasteiger partial charge in [0.1, 0.15) is 0 Å². The molecule has 1 aliphatic rings. The molecule has 138 valence electrons. The van der Waals surface area contributed by atoms with Crippen molar-refractivity contribution in [3.05, 3.63) is 23.8 Å². The molecule has 1 aliphatic heterocycles. The lowest BCUT2D eigenvalue weighted by Gasteiger charge is -2.32. The Kier molecular flexibility index (Phi) is 3.72. The first-order valence-corrected chi connectivity index (χ1v) is 7.40. The smallest absolute Gasteiger partial charge is 0.374 e. The maximum absolute atomic E-state index is 13.2. The lowest BCUT2D eigenvalue weighted by molar-refractivity contribution is -0.263. The molecule has 25 heavy (non-hydrogen) atoms. The number of hydrogen-bond acceptors (Lipinski definition) is 3. The third-order valence-corrected chi connectivity index (χ3v) is 4.34. The fourth-order valence-electron chi connectivity index (χ4n) is 2.90. The highest BCUT2D eigenvalue weighted by Crippen LogP contribution is 2.43. The molecule has 0 saturated carbocycles. The minimum Gasteiger partial charge on any atom is -0.374 e. The van der Waals surface area contributed by atoms with Gasteiger partial charge in [-0.1, -0.05) is 6.92 Å². The van der Waals surface area contributed by atoms with E-state index in [4.69, 9.17) is 0 Å². The van der Waals surface area contributed by atoms with Crippen LogP contribution in [-0.4, -0.2) is 30.6 Å². The summed E-state index contributed by atoms with van der Waals surface area (Å²) < 4.78 is 80.5. The number of aromatic nitrogens is 4. The van der Waals surface area contributed by atoms with Gasteiger partial charge in [0, 0.05) is 0 Å². The average molecular weight is 368 g/mol. The largest absolute Gasteiger partial charge is 0.435 e. The second-order valence-corrected chi connectivity index (χ2v) is 6.06. The summed E-state index contributed by atoms with van der Waals surface area (Å²) in [7, 11) is 0. The normalized spacial score (nSPS) is 20.1. The lowest BCUT2D eigenvalue weighted by atomic mass is 10.0. The van der Waals surface area contributed by atoms with Gasteiger partial charge in [0.25, 0.3) is 0 Å². The van der Waals surface area contributed by atoms with Gasteiger partial charge in [-0.3, -0.25) is 4.68 Å². The number of halogens is 6. The van der Waals surface area contributed by atoms with Crippen molar-refractivity contribution >= 4 is 0 Å². The van der Waals surface area contributed by atoms with E-state index < -0.39 is 35.5 Å². The Morgan fingerprint density at radius 1 is 1.20 bits per heavy atom. The number of aliphatic hydroxyl groups is 1. The van der Waals surface area contributed by atoms with Crippen LogP contribution >= 0.6 is 0 Å². The molecule has 11 heteroatoms. The van der Waals surface area contributed by atoms with Gasteiger partial charge in [0.05, 0.1) is 30.2 Å². The topological polar surface area (TPSA) is 55.9 Å². The number of alkyl halides is 6. The SMILES string of the molecule is CC[C@H]1Cn2nc(C(F)(F)F)cc2-c2cnc(C(C)(O)C(F)(F)F)n21. The van der Waals surface area contributed by atoms with E-state index in [0.717, 1.165) is 21.5 Å². The third kappa shape index (κ3) is 2.60. The van der Waals surface area contributed by atoms with Crippen molar-refractivity contribution in [2.75, 3.05) is 0 Å². The zero-order valence-electron chi connectivity index (χ0n) is 13.2. The monoisotopic (exact) mass is 368 g/mol. The summed E-state index contributed by atoms with van der Waals surface area (Å²) in [6.45, 7) is 2.20. The summed E-state index contributed by atoms with van der Waals surface area (Å²) in [6, 6.07) is 0.153. The molecule has 0 bridgehead atoms. The zero-order valence-corrected chi connectivity index (χ0v) is 13.2. The maximum Gasteiger partial charge on any atom is 0.435 e. The van der Waals surface area contributed by atoms with Crippen LogP contribution in [-0.2, 0) is 18.3 Å². The van der Waals surface area contributed by atoms with Gasteiger partial charge in [-0.2, -0.15) is 31.4 Å². The van der Waals surface area contributed by atoms with E-state index >= 15 is 0 Å². The fraction of sp³-hybridized carbons (Fsp3) is 0.571. The van der Waals surface area contributed by atoms with Crippen LogP contribution in [0.5, 0.6) is 0 Å². The van der Waals surface area contributed by atoms with E-state index in [1.807, 2.05) is 0 Å². The summed E-state index contributed by atoms with van der Waals surface area (Å²) >= 11 is 0. The Morgan fingerprint density at radius 3 is 2.36 bits per heavy atom. The van der Waals surface area contributed by atoms with Gasteiger partial charge >= 0.3 is 12.4 Å². The van der Waals surface area contributed by atoms with Crippen molar-refractivity contribution in [1.82, 2.24) is 19.3 Å². The van der Waals surface area contributed by atoms with Gasteiger partial charge in [-0.15, -0.1) is 0 Å². The molecule has 2 atom stereocenters. The van der Waals surface area contributed by atoms with Gasteiger partial charge in [-0.25, -0.2) is 4.98 Å². The van der Waals surface area contributed by atoms with E-state index in [2.05, 4.69) is 10.1 Å². The van der Waals surface area contributed by atoms with E-state index in [1.165, 1.54) is 0 Å². The lowest BCUT2D eigenvalue weighted by Crippen LogP contribution is -2.43. The second-order valence-electron chi connectivity index (χ2n) is 6.06. The molecule has 0 amide bonds. The Balaban J connectivity index is 2.20. The molecule has 0 fully saturated rings. The average Bonchev–Trinajstić information content (AvgIpc) is 3.08. The molecule has 0 aromatic carbocycles. The molecular formula is C14H14F6N4O. The molecule has 3 heterocycles. The molecule has 0 aliphatic carbocycles. The van der Waals surface area contributed by atoms with E-state index in [9.17, 15) is 31.4 Å². The Bertz CT molecular complexity index is 801. The first-order valence-electron chi connectivity index (χ1n) is 7.40. The summed E-state index contributed by atoms with van der Waals surface area (Å²) in [4.78, 5) is 3.68. The predicted molar refractivity (Wildman–Crippen MR) is 73.4 cm³/mol. The standard InChI is InChI=1S/C14H14F6N4O/c1-3-7-6-23-8(4-10(22-23)13(15,16)17)9-5-21-11(24(7)9)12(2,25)14(18,19)20/h4-5,7,25H,3,6H2,1-2H3/t7-,12?/m0/s1. The Labute approximate surface area is 137 Å². The van der Waals surface area contributed by atoms with Crippen LogP contribution in [0.3, 0.4) is 0 Å². The van der Waals surface area contributed by atoms with E-state index in [1.54, 1.807) is 6.92 Å². The van der Waals surface area contributed by atoms with Crippen LogP contribution in [0.25, 0.3) is 11.4 Å². The molecular weight excluding hydrogens is 354 g/mol. The van der Waals surface area contributed by atoms with Crippen LogP contribution in [0.1, 0.15) is 37.8 Å². The van der Waals surface area contributed by atoms with Gasteiger partial charge in [-0.05, 0) is 19.4 Å². The quantitative estimate of drug-likeness (QED) is 0.826. The van der Waals surface area contributed by atoms with Gasteiger partial charge < -0.3 is 9.67 Å². The van der Waals surface area contributed by atoms with Gasteiger partial charge in [0.15, 0.2) is 11.5 Å². The van der Waals surface area contributed by atoms with Crippen molar-refractivity contribution in [2.45, 2.75) is 50.8 Å². The number of hydrogen-bond donors (Lipinski definition) is 1. The highest BCUT2D eigenvalue weighted by Gasteiger charge is 2.55. The summed E-state index contributed by atoms with van der Waals surface area (Å²) in [5, 5.41) is 13.5. The Hall–Kier alpha value is -2.04. The van der Waals surface area contributed by atoms with Crippen molar-refractivity contribution in [3.63, 3.8) is 0 Å². The summed E-state index contributed by atoms with van der Waals surface area (Å²) in [6.07, 6.45) is -8.30. The van der Waals surface area contributed by atoms with Crippen molar-refractivity contribution in [3.8, 4) is 11.4 Å². The first kappa shape index (κ1) is 17.8. The van der Waals surface area contributed by atoms with Crippen LogP contribution in [0.15, 0.2) is 12.3 Å². The first-order chi connectivity index (χ1) is 11.4. The molecule has 0 radical (unpaired) electrons. The minimum atomic E-state index is -4.98. The number of fused-ring (bicyclic) bond motifs is 3. The molecule has 1 unspecified atom stereocenters. The highest BCUT2D eigenvalue weighted by atomic mass is 19.4. The molecule has 5 nitrogen and oxygen atoms in total. The van der Waals surface area contributed by atoms with Crippen molar-refractivity contribution < 1.29 is 31.4 Å². The molecule has 2 aromatic heterocycles. The van der Waals surface area contributed by atoms with Crippen LogP contribution < -0.4 is 0 Å². The molecule has 3 rings (SSSR count). The van der Waals surface area contributed by atoms with Gasteiger partial charge in [0.2, 0.25) is 5.60 Å². The zero-order chi connectivity index (χ0) is 18.8. The molecule has 2 aromatic rings. The van der Waals surface area contributed by atoms with Crippen molar-refractivity contribution in [1.29, 1.82) is 0 Å². The molecule has 0 spiro atoms. The molecule has 0 saturated heterocycles. The third-order valence-electron chi connectivity index (χ3n) is 4.34. The van der Waals surface area contributed by atoms with E-state index in [0.29, 0.717) is 13.3 Å². The fourth-order valence-corrected chi connectivity index (χ4v) is 2.90. The highest BCUT2D eigenvalue weighted by molar-refractivity contribution is 5.58. The second kappa shape index (κ2) is 5.23. The van der Waals surface area contributed by atoms with E-state index in [-0.39, 0.29) is 17.9 Å². The van der Waals surface area contributed by atoms with Crippen LogP contribution in [0.2, 0.25) is 0 Å². The minimum absolute atomic E-state index is 0.00810. The Morgan fingerprint density at radius 2 is 1.84 bits per heavy atom. The number of imidazole rings is 1.